The highest BCUT2D eigenvalue weighted by atomic mass is 16.5. The molecule has 2 N–H and O–H groups in total. The van der Waals surface area contributed by atoms with Crippen LogP contribution in [0.5, 0.6) is 0 Å². The number of hydrogen-bond acceptors (Lipinski definition) is 4. The molecule has 13 heavy (non-hydrogen) atoms. The summed E-state index contributed by atoms with van der Waals surface area (Å²) in [6, 6.07) is 0. The molecule has 5 nitrogen and oxygen atoms in total. The van der Waals surface area contributed by atoms with Crippen LogP contribution in [0.4, 0.5) is 5.95 Å². The van der Waals surface area contributed by atoms with Gasteiger partial charge in [0.15, 0.2) is 0 Å². The number of imidazole rings is 1. The molecular weight excluding hydrogens is 170 g/mol. The molecule has 0 fully saturated rings. The van der Waals surface area contributed by atoms with Gasteiger partial charge in [-0.05, 0) is 6.92 Å². The molecular formula is C8H11N3O2. The normalized spacial score (nSPS) is 10.5. The van der Waals surface area contributed by atoms with Gasteiger partial charge in [-0.15, -0.1) is 0 Å². The van der Waals surface area contributed by atoms with Gasteiger partial charge in [0, 0.05) is 24.7 Å². The van der Waals surface area contributed by atoms with Crippen molar-refractivity contribution in [3.8, 4) is 0 Å². The summed E-state index contributed by atoms with van der Waals surface area (Å²) < 4.78 is 6.20. The highest BCUT2D eigenvalue weighted by Gasteiger charge is 1.95. The third kappa shape index (κ3) is 2.62. The van der Waals surface area contributed by atoms with Crippen molar-refractivity contribution in [1.82, 2.24) is 9.55 Å². The number of carbonyl (C=O) groups is 1. The Morgan fingerprint density at radius 3 is 3.15 bits per heavy atom. The van der Waals surface area contributed by atoms with Crippen LogP contribution in [0.3, 0.4) is 0 Å². The second-order valence-corrected chi connectivity index (χ2v) is 2.26. The minimum absolute atomic E-state index is 0.334. The van der Waals surface area contributed by atoms with Crippen LogP contribution in [-0.4, -0.2) is 22.1 Å². The predicted molar refractivity (Wildman–Crippen MR) is 48.6 cm³/mol. The van der Waals surface area contributed by atoms with E-state index in [1.54, 1.807) is 19.3 Å². The van der Waals surface area contributed by atoms with E-state index in [2.05, 4.69) is 9.72 Å². The molecule has 0 bridgehead atoms. The average Bonchev–Trinajstić information content (AvgIpc) is 2.48. The van der Waals surface area contributed by atoms with E-state index in [9.17, 15) is 4.79 Å². The summed E-state index contributed by atoms with van der Waals surface area (Å²) in [5, 5.41) is 0. The van der Waals surface area contributed by atoms with Gasteiger partial charge in [-0.25, -0.2) is 9.78 Å². The lowest BCUT2D eigenvalue weighted by Gasteiger charge is -1.96. The number of carbonyl (C=O) groups excluding carboxylic acids is 1. The number of ether oxygens (including phenoxy) is 1. The molecule has 0 saturated heterocycles. The molecule has 1 rings (SSSR count). The quantitative estimate of drug-likeness (QED) is 0.544. The Labute approximate surface area is 75.8 Å². The monoisotopic (exact) mass is 181 g/mol. The molecule has 70 valence electrons. The number of rotatable bonds is 3. The lowest BCUT2D eigenvalue weighted by atomic mass is 10.6. The minimum atomic E-state index is -0.393. The van der Waals surface area contributed by atoms with Crippen LogP contribution in [0.2, 0.25) is 0 Å². The van der Waals surface area contributed by atoms with Gasteiger partial charge in [-0.1, -0.05) is 0 Å². The van der Waals surface area contributed by atoms with Gasteiger partial charge in [-0.2, -0.15) is 0 Å². The summed E-state index contributed by atoms with van der Waals surface area (Å²) in [6.45, 7) is 2.11. The second-order valence-electron chi connectivity index (χ2n) is 2.26. The SMILES string of the molecule is CCOC(=O)/C=C\n1ccnc1N. The summed E-state index contributed by atoms with van der Waals surface area (Å²) >= 11 is 0. The first-order valence-corrected chi connectivity index (χ1v) is 3.87. The predicted octanol–water partition coefficient (Wildman–Crippen LogP) is 0.499. The Hall–Kier alpha value is -1.78. The number of nitrogens with two attached hydrogens (primary N) is 1. The van der Waals surface area contributed by atoms with Gasteiger partial charge >= 0.3 is 5.97 Å². The van der Waals surface area contributed by atoms with Crippen LogP contribution in [0, 0.1) is 0 Å². The fourth-order valence-corrected chi connectivity index (χ4v) is 0.782. The van der Waals surface area contributed by atoms with Gasteiger partial charge in [0.05, 0.1) is 6.61 Å². The third-order valence-corrected chi connectivity index (χ3v) is 1.36. The van der Waals surface area contributed by atoms with Gasteiger partial charge in [0.25, 0.3) is 0 Å². The van der Waals surface area contributed by atoms with E-state index < -0.39 is 5.97 Å². The molecule has 0 aromatic carbocycles. The van der Waals surface area contributed by atoms with Crippen molar-refractivity contribution in [2.75, 3.05) is 12.3 Å². The number of nitrogens with zero attached hydrogens (tertiary/aromatic N) is 2. The number of hydrogen-bond donors (Lipinski definition) is 1. The van der Waals surface area contributed by atoms with Crippen LogP contribution < -0.4 is 5.73 Å². The zero-order chi connectivity index (χ0) is 9.68. The van der Waals surface area contributed by atoms with Gasteiger partial charge in [0.1, 0.15) is 0 Å². The van der Waals surface area contributed by atoms with E-state index in [0.29, 0.717) is 12.6 Å². The maximum Gasteiger partial charge on any atom is 0.332 e. The van der Waals surface area contributed by atoms with Gasteiger partial charge in [0.2, 0.25) is 5.95 Å². The van der Waals surface area contributed by atoms with Crippen LogP contribution in [0.1, 0.15) is 6.92 Å². The summed E-state index contributed by atoms with van der Waals surface area (Å²) in [4.78, 5) is 14.6. The van der Waals surface area contributed by atoms with E-state index in [4.69, 9.17) is 5.73 Å². The maximum atomic E-state index is 10.9. The Bertz CT molecular complexity index is 317. The molecule has 1 aromatic heterocycles. The second kappa shape index (κ2) is 4.30. The molecule has 0 aliphatic carbocycles. The molecule has 0 unspecified atom stereocenters. The highest BCUT2D eigenvalue weighted by molar-refractivity contribution is 5.85. The average molecular weight is 181 g/mol. The van der Waals surface area contributed by atoms with Gasteiger partial charge in [-0.3, -0.25) is 4.57 Å². The number of anilines is 1. The largest absolute Gasteiger partial charge is 0.463 e. The zero-order valence-corrected chi connectivity index (χ0v) is 7.30. The molecule has 5 heteroatoms. The summed E-state index contributed by atoms with van der Waals surface area (Å²) in [7, 11) is 0. The van der Waals surface area contributed by atoms with Crippen molar-refractivity contribution >= 4 is 18.1 Å². The van der Waals surface area contributed by atoms with Crippen LogP contribution in [0.25, 0.3) is 6.20 Å². The molecule has 0 atom stereocenters. The Kier molecular flexibility index (Phi) is 3.08. The van der Waals surface area contributed by atoms with Crippen molar-refractivity contribution in [2.24, 2.45) is 0 Å². The highest BCUT2D eigenvalue weighted by Crippen LogP contribution is 1.98. The molecule has 0 radical (unpaired) electrons. The van der Waals surface area contributed by atoms with Crippen molar-refractivity contribution in [3.05, 3.63) is 18.5 Å². The van der Waals surface area contributed by atoms with Crippen molar-refractivity contribution in [3.63, 3.8) is 0 Å². The van der Waals surface area contributed by atoms with E-state index in [1.807, 2.05) is 0 Å². The molecule has 0 amide bonds. The van der Waals surface area contributed by atoms with Crippen molar-refractivity contribution < 1.29 is 9.53 Å². The maximum absolute atomic E-state index is 10.9. The van der Waals surface area contributed by atoms with Crippen molar-refractivity contribution in [1.29, 1.82) is 0 Å². The first kappa shape index (κ1) is 9.31. The minimum Gasteiger partial charge on any atom is -0.463 e. The smallest absolute Gasteiger partial charge is 0.332 e. The Morgan fingerprint density at radius 1 is 1.85 bits per heavy atom. The molecule has 0 spiro atoms. The van der Waals surface area contributed by atoms with E-state index in [1.165, 1.54) is 16.8 Å². The molecule has 0 saturated carbocycles. The summed E-state index contributed by atoms with van der Waals surface area (Å²) in [5.74, 6) is -0.0591. The number of aromatic nitrogens is 2. The lowest BCUT2D eigenvalue weighted by molar-refractivity contribution is -0.137. The first-order chi connectivity index (χ1) is 6.24. The summed E-state index contributed by atoms with van der Waals surface area (Å²) in [6.07, 6.45) is 5.98. The van der Waals surface area contributed by atoms with Gasteiger partial charge < -0.3 is 10.5 Å². The Balaban J connectivity index is 2.58. The van der Waals surface area contributed by atoms with Crippen LogP contribution in [-0.2, 0) is 9.53 Å². The molecule has 0 aliphatic heterocycles. The zero-order valence-electron chi connectivity index (χ0n) is 7.30. The summed E-state index contributed by atoms with van der Waals surface area (Å²) in [5.41, 5.74) is 5.45. The van der Waals surface area contributed by atoms with Crippen molar-refractivity contribution in [2.45, 2.75) is 6.92 Å². The lowest BCUT2D eigenvalue weighted by Crippen LogP contribution is -2.01. The molecule has 1 aromatic rings. The van der Waals surface area contributed by atoms with E-state index in [0.717, 1.165) is 0 Å². The first-order valence-electron chi connectivity index (χ1n) is 3.87. The Morgan fingerprint density at radius 2 is 2.62 bits per heavy atom. The standard InChI is InChI=1S/C8H11N3O2/c1-2-13-7(12)3-5-11-6-4-10-8(11)9/h3-6H,2H2,1H3,(H2,9,10)/b5-3-. The van der Waals surface area contributed by atoms with Crippen LogP contribution in [0.15, 0.2) is 18.5 Å². The topological polar surface area (TPSA) is 70.1 Å². The number of nitrogen functional groups attached to an aromatic ring is 1. The molecule has 1 heterocycles. The third-order valence-electron chi connectivity index (χ3n) is 1.36. The van der Waals surface area contributed by atoms with Crippen LogP contribution >= 0.6 is 0 Å². The fourth-order valence-electron chi connectivity index (χ4n) is 0.782. The fraction of sp³-hybridized carbons (Fsp3) is 0.250. The van der Waals surface area contributed by atoms with E-state index >= 15 is 0 Å². The number of esters is 1. The van der Waals surface area contributed by atoms with E-state index in [-0.39, 0.29) is 0 Å². The molecule has 0 aliphatic rings.